The molecule has 0 radical (unpaired) electrons. The molecule has 1 N–H and O–H groups in total. The third-order valence-corrected chi connectivity index (χ3v) is 6.78. The fraction of sp³-hybridized carbons (Fsp3) is 0.360. The Hall–Kier alpha value is -2.94. The lowest BCUT2D eigenvalue weighted by molar-refractivity contribution is 0.103. The van der Waals surface area contributed by atoms with Crippen LogP contribution in [0.3, 0.4) is 0 Å². The molecule has 0 saturated carbocycles. The molecule has 0 amide bonds. The molecule has 1 fully saturated rings. The monoisotopic (exact) mass is 398 g/mol. The molecule has 5 nitrogen and oxygen atoms in total. The summed E-state index contributed by atoms with van der Waals surface area (Å²) in [6.07, 6.45) is 0. The van der Waals surface area contributed by atoms with Crippen molar-refractivity contribution in [2.24, 2.45) is 0 Å². The molecule has 30 heavy (non-hydrogen) atoms. The second kappa shape index (κ2) is 6.80. The van der Waals surface area contributed by atoms with E-state index in [4.69, 9.17) is 0 Å². The molecule has 2 aliphatic rings. The van der Waals surface area contributed by atoms with Crippen molar-refractivity contribution in [2.75, 3.05) is 33.2 Å². The van der Waals surface area contributed by atoms with Crippen LogP contribution < -0.4 is 0 Å². The van der Waals surface area contributed by atoms with Gasteiger partial charge in [0.1, 0.15) is 0 Å². The Kier molecular flexibility index (Phi) is 4.32. The molecule has 2 heterocycles. The average Bonchev–Trinajstić information content (AvgIpc) is 3.14. The number of nitrogens with one attached hydrogen (secondary N) is 1. The van der Waals surface area contributed by atoms with Gasteiger partial charge in [-0.2, -0.15) is 5.26 Å². The molecule has 0 atom stereocenters. The number of fused-ring (bicyclic) bond motifs is 4. The number of nitriles is 1. The molecule has 1 aliphatic carbocycles. The molecule has 3 aromatic rings. The van der Waals surface area contributed by atoms with E-state index in [-0.39, 0.29) is 11.2 Å². The van der Waals surface area contributed by atoms with E-state index in [1.54, 1.807) is 6.07 Å². The Morgan fingerprint density at radius 2 is 1.87 bits per heavy atom. The predicted molar refractivity (Wildman–Crippen MR) is 118 cm³/mol. The van der Waals surface area contributed by atoms with E-state index in [1.807, 2.05) is 18.2 Å². The van der Waals surface area contributed by atoms with Gasteiger partial charge in [-0.15, -0.1) is 0 Å². The number of aromatic amines is 1. The van der Waals surface area contributed by atoms with Gasteiger partial charge >= 0.3 is 0 Å². The third-order valence-electron chi connectivity index (χ3n) is 6.78. The highest BCUT2D eigenvalue weighted by Gasteiger charge is 2.39. The lowest BCUT2D eigenvalue weighted by atomic mass is 9.71. The van der Waals surface area contributed by atoms with Crippen LogP contribution in [0.15, 0.2) is 36.4 Å². The summed E-state index contributed by atoms with van der Waals surface area (Å²) in [6.45, 7) is 9.60. The normalized spacial score (nSPS) is 18.8. The first-order chi connectivity index (χ1) is 14.4. The number of likely N-dealkylation sites (N-methyl/N-ethyl adjacent to an activating group) is 1. The number of carbonyl (C=O) groups excluding carboxylic acids is 1. The maximum Gasteiger partial charge on any atom is 0.195 e. The maximum atomic E-state index is 13.5. The van der Waals surface area contributed by atoms with Crippen LogP contribution in [-0.2, 0) is 12.0 Å². The highest BCUT2D eigenvalue weighted by atomic mass is 16.1. The van der Waals surface area contributed by atoms with E-state index in [2.05, 4.69) is 53.9 Å². The SMILES string of the molecule is CN1CCN(Cc2ccc3c(c2)C(C)(C)c2[nH]c4cc(C#N)ccc4c2C3=O)CC1. The summed E-state index contributed by atoms with van der Waals surface area (Å²) < 4.78 is 0. The highest BCUT2D eigenvalue weighted by molar-refractivity contribution is 6.20. The van der Waals surface area contributed by atoms with Gasteiger partial charge in [-0.1, -0.05) is 38.1 Å². The zero-order valence-electron chi connectivity index (χ0n) is 17.7. The molecule has 5 rings (SSSR count). The summed E-state index contributed by atoms with van der Waals surface area (Å²) in [6, 6.07) is 14.0. The van der Waals surface area contributed by atoms with Crippen molar-refractivity contribution < 1.29 is 4.79 Å². The second-order valence-electron chi connectivity index (χ2n) is 9.16. The Morgan fingerprint density at radius 1 is 1.10 bits per heavy atom. The number of H-pyrrole nitrogens is 1. The minimum Gasteiger partial charge on any atom is -0.357 e. The zero-order valence-corrected chi connectivity index (χ0v) is 17.7. The van der Waals surface area contributed by atoms with Crippen molar-refractivity contribution in [3.8, 4) is 6.07 Å². The first-order valence-corrected chi connectivity index (χ1v) is 10.5. The molecule has 0 bridgehead atoms. The smallest absolute Gasteiger partial charge is 0.195 e. The van der Waals surface area contributed by atoms with Crippen LogP contribution in [0.5, 0.6) is 0 Å². The van der Waals surface area contributed by atoms with Gasteiger partial charge in [0.05, 0.1) is 17.2 Å². The standard InChI is InChI=1S/C25H26N4O/c1-25(2)20-12-17(15-29-10-8-28(3)9-11-29)5-6-18(20)23(30)22-19-7-4-16(14-26)13-21(19)27-24(22)25/h4-7,12-13,27H,8-11,15H2,1-3H3. The minimum atomic E-state index is -0.317. The van der Waals surface area contributed by atoms with Crippen molar-refractivity contribution in [2.45, 2.75) is 25.8 Å². The van der Waals surface area contributed by atoms with E-state index in [9.17, 15) is 10.1 Å². The van der Waals surface area contributed by atoms with E-state index in [0.717, 1.165) is 66.0 Å². The van der Waals surface area contributed by atoms with Crippen molar-refractivity contribution >= 4 is 16.7 Å². The van der Waals surface area contributed by atoms with Gasteiger partial charge in [0.2, 0.25) is 0 Å². The molecular weight excluding hydrogens is 372 g/mol. The lowest BCUT2D eigenvalue weighted by Gasteiger charge is -2.34. The van der Waals surface area contributed by atoms with E-state index in [0.29, 0.717) is 5.56 Å². The van der Waals surface area contributed by atoms with Crippen LogP contribution in [0.2, 0.25) is 0 Å². The summed E-state index contributed by atoms with van der Waals surface area (Å²) in [5.74, 6) is 0.0708. The molecule has 5 heteroatoms. The highest BCUT2D eigenvalue weighted by Crippen LogP contribution is 2.44. The molecule has 2 aromatic carbocycles. The minimum absolute atomic E-state index is 0.0708. The van der Waals surface area contributed by atoms with Crippen LogP contribution in [0, 0.1) is 11.3 Å². The predicted octanol–water partition coefficient (Wildman–Crippen LogP) is 3.66. The molecule has 1 aliphatic heterocycles. The number of hydrogen-bond donors (Lipinski definition) is 1. The molecule has 152 valence electrons. The van der Waals surface area contributed by atoms with Crippen LogP contribution in [-0.4, -0.2) is 53.8 Å². The zero-order chi connectivity index (χ0) is 21.0. The Morgan fingerprint density at radius 3 is 2.60 bits per heavy atom. The largest absolute Gasteiger partial charge is 0.357 e. The molecular formula is C25H26N4O. The van der Waals surface area contributed by atoms with Gasteiger partial charge in [-0.3, -0.25) is 9.69 Å². The summed E-state index contributed by atoms with van der Waals surface area (Å²) in [7, 11) is 2.17. The number of hydrogen-bond acceptors (Lipinski definition) is 4. The van der Waals surface area contributed by atoms with Crippen LogP contribution in [0.25, 0.3) is 10.9 Å². The Bertz CT molecular complexity index is 1210. The summed E-state index contributed by atoms with van der Waals surface area (Å²) in [5, 5.41) is 10.1. The van der Waals surface area contributed by atoms with Gasteiger partial charge in [0.25, 0.3) is 0 Å². The van der Waals surface area contributed by atoms with Gasteiger partial charge in [-0.25, -0.2) is 0 Å². The van der Waals surface area contributed by atoms with Gasteiger partial charge in [0.15, 0.2) is 5.78 Å². The number of piperazine rings is 1. The Labute approximate surface area is 176 Å². The number of ketones is 1. The van der Waals surface area contributed by atoms with Gasteiger partial charge < -0.3 is 9.88 Å². The van der Waals surface area contributed by atoms with Crippen molar-refractivity contribution in [3.05, 3.63) is 69.9 Å². The quantitative estimate of drug-likeness (QED) is 0.716. The van der Waals surface area contributed by atoms with Crippen LogP contribution in [0.4, 0.5) is 0 Å². The molecule has 1 aromatic heterocycles. The van der Waals surface area contributed by atoms with E-state index < -0.39 is 0 Å². The van der Waals surface area contributed by atoms with Crippen LogP contribution in [0.1, 0.15) is 52.2 Å². The molecule has 0 spiro atoms. The van der Waals surface area contributed by atoms with E-state index in [1.165, 1.54) is 5.56 Å². The molecule has 0 unspecified atom stereocenters. The number of carbonyl (C=O) groups is 1. The second-order valence-corrected chi connectivity index (χ2v) is 9.16. The van der Waals surface area contributed by atoms with Gasteiger partial charge in [0, 0.05) is 60.3 Å². The fourth-order valence-corrected chi connectivity index (χ4v) is 4.91. The van der Waals surface area contributed by atoms with E-state index >= 15 is 0 Å². The number of nitrogens with zero attached hydrogens (tertiary/aromatic N) is 3. The number of aromatic nitrogens is 1. The van der Waals surface area contributed by atoms with Crippen LogP contribution >= 0.6 is 0 Å². The first kappa shape index (κ1) is 19.0. The van der Waals surface area contributed by atoms with Crippen molar-refractivity contribution in [1.82, 2.24) is 14.8 Å². The number of benzene rings is 2. The maximum absolute atomic E-state index is 13.5. The fourth-order valence-electron chi connectivity index (χ4n) is 4.91. The van der Waals surface area contributed by atoms with Crippen molar-refractivity contribution in [3.63, 3.8) is 0 Å². The summed E-state index contributed by atoms with van der Waals surface area (Å²) in [4.78, 5) is 21.8. The first-order valence-electron chi connectivity index (χ1n) is 10.5. The third kappa shape index (κ3) is 2.87. The Balaban J connectivity index is 1.56. The van der Waals surface area contributed by atoms with Gasteiger partial charge in [-0.05, 0) is 30.3 Å². The summed E-state index contributed by atoms with van der Waals surface area (Å²) >= 11 is 0. The number of rotatable bonds is 2. The lowest BCUT2D eigenvalue weighted by Crippen LogP contribution is -2.43. The molecule has 1 saturated heterocycles. The topological polar surface area (TPSA) is 63.1 Å². The average molecular weight is 399 g/mol. The summed E-state index contributed by atoms with van der Waals surface area (Å²) in [5.41, 5.74) is 5.96. The van der Waals surface area contributed by atoms with Crippen molar-refractivity contribution in [1.29, 1.82) is 5.26 Å².